The third-order valence-electron chi connectivity index (χ3n) is 3.83. The summed E-state index contributed by atoms with van der Waals surface area (Å²) in [6.07, 6.45) is 3.23. The second-order valence-corrected chi connectivity index (χ2v) is 6.49. The maximum Gasteiger partial charge on any atom is 0.261 e. The fourth-order valence-corrected chi connectivity index (χ4v) is 3.76. The van der Waals surface area contributed by atoms with Gasteiger partial charge in [-0.2, -0.15) is 0 Å². The summed E-state index contributed by atoms with van der Waals surface area (Å²) in [5, 5.41) is 6.53. The molecule has 1 aromatic heterocycles. The van der Waals surface area contributed by atoms with Crippen molar-refractivity contribution >= 4 is 22.9 Å². The Balaban J connectivity index is 1.73. The molecule has 1 aliphatic heterocycles. The summed E-state index contributed by atoms with van der Waals surface area (Å²) in [6.45, 7) is 0.921. The second kappa shape index (κ2) is 4.63. The van der Waals surface area contributed by atoms with Crippen LogP contribution in [-0.4, -0.2) is 18.5 Å². The molecule has 1 saturated carbocycles. The highest BCUT2D eigenvalue weighted by atomic mass is 32.1. The van der Waals surface area contributed by atoms with Crippen LogP contribution in [0.2, 0.25) is 0 Å². The van der Waals surface area contributed by atoms with E-state index in [1.807, 2.05) is 6.07 Å². The first-order valence-corrected chi connectivity index (χ1v) is 7.90. The molecule has 102 valence electrons. The Labute approximate surface area is 122 Å². The zero-order valence-corrected chi connectivity index (χ0v) is 11.9. The van der Waals surface area contributed by atoms with Gasteiger partial charge in [-0.05, 0) is 37.0 Å². The maximum atomic E-state index is 12.2. The molecule has 0 atom stereocenters. The van der Waals surface area contributed by atoms with Crippen molar-refractivity contribution in [3.63, 3.8) is 0 Å². The molecule has 0 bridgehead atoms. The van der Waals surface area contributed by atoms with Crippen LogP contribution in [0.4, 0.5) is 5.69 Å². The maximum absolute atomic E-state index is 12.2. The van der Waals surface area contributed by atoms with Crippen LogP contribution < -0.4 is 10.6 Å². The van der Waals surface area contributed by atoms with Gasteiger partial charge in [0, 0.05) is 28.7 Å². The Kier molecular flexibility index (Phi) is 2.77. The van der Waals surface area contributed by atoms with E-state index < -0.39 is 0 Å². The molecule has 2 N–H and O–H groups in total. The normalized spacial score (nSPS) is 16.6. The summed E-state index contributed by atoms with van der Waals surface area (Å²) in [4.78, 5) is 14.3. The Morgan fingerprint density at radius 1 is 1.30 bits per heavy atom. The van der Waals surface area contributed by atoms with Crippen LogP contribution in [0.25, 0.3) is 10.4 Å². The zero-order chi connectivity index (χ0) is 13.5. The van der Waals surface area contributed by atoms with Crippen molar-refractivity contribution in [3.05, 3.63) is 40.8 Å². The van der Waals surface area contributed by atoms with Gasteiger partial charge in [-0.25, -0.2) is 0 Å². The average molecular weight is 284 g/mol. The molecule has 20 heavy (non-hydrogen) atoms. The van der Waals surface area contributed by atoms with Gasteiger partial charge in [0.1, 0.15) is 0 Å². The number of carbonyl (C=O) groups excluding carboxylic acids is 1. The lowest BCUT2D eigenvalue weighted by Crippen LogP contribution is -2.24. The topological polar surface area (TPSA) is 41.1 Å². The molecule has 1 aromatic carbocycles. The number of benzene rings is 1. The smallest absolute Gasteiger partial charge is 0.261 e. The molecule has 2 aliphatic rings. The summed E-state index contributed by atoms with van der Waals surface area (Å²) >= 11 is 1.62. The van der Waals surface area contributed by atoms with Crippen LogP contribution in [0.1, 0.15) is 28.1 Å². The summed E-state index contributed by atoms with van der Waals surface area (Å²) < 4.78 is 0. The van der Waals surface area contributed by atoms with Crippen molar-refractivity contribution in [1.82, 2.24) is 5.32 Å². The number of amides is 1. The number of thiophene rings is 1. The lowest BCUT2D eigenvalue weighted by molar-refractivity contribution is 0.0955. The lowest BCUT2D eigenvalue weighted by Gasteiger charge is -2.06. The van der Waals surface area contributed by atoms with Crippen molar-refractivity contribution in [1.29, 1.82) is 0 Å². The number of nitrogens with one attached hydrogen (secondary N) is 2. The van der Waals surface area contributed by atoms with E-state index in [0.717, 1.165) is 30.7 Å². The predicted molar refractivity (Wildman–Crippen MR) is 82.4 cm³/mol. The molecule has 1 aliphatic carbocycles. The summed E-state index contributed by atoms with van der Waals surface area (Å²) in [5.74, 6) is 0.0935. The lowest BCUT2D eigenvalue weighted by atomic mass is 10.1. The highest BCUT2D eigenvalue weighted by Crippen LogP contribution is 2.39. The fourth-order valence-electron chi connectivity index (χ4n) is 2.61. The quantitative estimate of drug-likeness (QED) is 0.888. The molecule has 3 nitrogen and oxygen atoms in total. The molecule has 2 heterocycles. The Morgan fingerprint density at radius 3 is 3.00 bits per heavy atom. The molecular formula is C16H16N2OS. The van der Waals surface area contributed by atoms with Gasteiger partial charge in [-0.15, -0.1) is 11.3 Å². The molecule has 0 unspecified atom stereocenters. The van der Waals surface area contributed by atoms with E-state index in [1.54, 1.807) is 11.3 Å². The summed E-state index contributed by atoms with van der Waals surface area (Å²) in [5.41, 5.74) is 3.67. The number of anilines is 1. The van der Waals surface area contributed by atoms with Crippen LogP contribution >= 0.6 is 11.3 Å². The van der Waals surface area contributed by atoms with E-state index in [9.17, 15) is 4.79 Å². The minimum atomic E-state index is 0.0935. The van der Waals surface area contributed by atoms with E-state index in [0.29, 0.717) is 6.04 Å². The largest absolute Gasteiger partial charge is 0.384 e. The van der Waals surface area contributed by atoms with Crippen LogP contribution in [-0.2, 0) is 6.42 Å². The van der Waals surface area contributed by atoms with Gasteiger partial charge in [0.2, 0.25) is 0 Å². The summed E-state index contributed by atoms with van der Waals surface area (Å²) in [7, 11) is 0. The van der Waals surface area contributed by atoms with Crippen molar-refractivity contribution < 1.29 is 4.79 Å². The number of rotatable bonds is 2. The predicted octanol–water partition coefficient (Wildman–Crippen LogP) is 3.28. The highest BCUT2D eigenvalue weighted by Gasteiger charge is 2.26. The SMILES string of the molecule is O=C(NC1CC1)c1cc2c(s1)-c1ccccc1NCC2. The molecule has 1 fully saturated rings. The van der Waals surface area contributed by atoms with Gasteiger partial charge < -0.3 is 10.6 Å². The van der Waals surface area contributed by atoms with Gasteiger partial charge in [-0.1, -0.05) is 18.2 Å². The van der Waals surface area contributed by atoms with Crippen molar-refractivity contribution in [2.75, 3.05) is 11.9 Å². The first kappa shape index (κ1) is 12.0. The standard InChI is InChI=1S/C16H16N2OS/c19-16(18-11-5-6-11)14-9-10-7-8-17-13-4-2-1-3-12(13)15(10)20-14/h1-4,9,11,17H,5-8H2,(H,18,19). The second-order valence-electron chi connectivity index (χ2n) is 5.44. The monoisotopic (exact) mass is 284 g/mol. The third-order valence-corrected chi connectivity index (χ3v) is 5.04. The number of hydrogen-bond acceptors (Lipinski definition) is 3. The van der Waals surface area contributed by atoms with E-state index >= 15 is 0 Å². The van der Waals surface area contributed by atoms with Crippen LogP contribution in [0.3, 0.4) is 0 Å². The highest BCUT2D eigenvalue weighted by molar-refractivity contribution is 7.17. The Bertz CT molecular complexity index is 673. The van der Waals surface area contributed by atoms with Gasteiger partial charge in [-0.3, -0.25) is 4.79 Å². The van der Waals surface area contributed by atoms with E-state index in [1.165, 1.54) is 21.7 Å². The van der Waals surface area contributed by atoms with Crippen molar-refractivity contribution in [2.45, 2.75) is 25.3 Å². The van der Waals surface area contributed by atoms with Crippen LogP contribution in [0.15, 0.2) is 30.3 Å². The minimum Gasteiger partial charge on any atom is -0.384 e. The molecule has 4 heteroatoms. The van der Waals surface area contributed by atoms with E-state index in [-0.39, 0.29) is 5.91 Å². The van der Waals surface area contributed by atoms with Crippen molar-refractivity contribution in [2.24, 2.45) is 0 Å². The first-order valence-electron chi connectivity index (χ1n) is 7.08. The molecule has 0 saturated heterocycles. The molecule has 2 aromatic rings. The first-order chi connectivity index (χ1) is 9.81. The van der Waals surface area contributed by atoms with Crippen LogP contribution in [0, 0.1) is 0 Å². The van der Waals surface area contributed by atoms with Gasteiger partial charge in [0.15, 0.2) is 0 Å². The number of para-hydroxylation sites is 1. The molecular weight excluding hydrogens is 268 g/mol. The average Bonchev–Trinajstić information content (AvgIpc) is 3.20. The minimum absolute atomic E-state index is 0.0935. The third kappa shape index (κ3) is 2.10. The van der Waals surface area contributed by atoms with Crippen molar-refractivity contribution in [3.8, 4) is 10.4 Å². The Hall–Kier alpha value is -1.81. The van der Waals surface area contributed by atoms with Gasteiger partial charge in [0.05, 0.1) is 4.88 Å². The fraction of sp³-hybridized carbons (Fsp3) is 0.312. The van der Waals surface area contributed by atoms with Gasteiger partial charge >= 0.3 is 0 Å². The number of carbonyl (C=O) groups is 1. The van der Waals surface area contributed by atoms with Gasteiger partial charge in [0.25, 0.3) is 5.91 Å². The number of hydrogen-bond donors (Lipinski definition) is 2. The summed E-state index contributed by atoms with van der Waals surface area (Å²) in [6, 6.07) is 10.8. The molecule has 0 radical (unpaired) electrons. The Morgan fingerprint density at radius 2 is 2.15 bits per heavy atom. The molecule has 1 amide bonds. The van der Waals surface area contributed by atoms with E-state index in [4.69, 9.17) is 0 Å². The number of fused-ring (bicyclic) bond motifs is 3. The molecule has 4 rings (SSSR count). The zero-order valence-electron chi connectivity index (χ0n) is 11.1. The molecule has 0 spiro atoms. The van der Waals surface area contributed by atoms with E-state index in [2.05, 4.69) is 34.9 Å². The van der Waals surface area contributed by atoms with Crippen LogP contribution in [0.5, 0.6) is 0 Å².